The van der Waals surface area contributed by atoms with Gasteiger partial charge in [-0.2, -0.15) is 0 Å². The van der Waals surface area contributed by atoms with Crippen LogP contribution in [-0.2, 0) is 11.3 Å². The van der Waals surface area contributed by atoms with Crippen LogP contribution in [0.1, 0.15) is 0 Å². The first-order valence-corrected chi connectivity index (χ1v) is 5.07. The molecule has 2 rings (SSSR count). The zero-order valence-electron chi connectivity index (χ0n) is 8.67. The molecule has 0 unspecified atom stereocenters. The van der Waals surface area contributed by atoms with Crippen LogP contribution < -0.4 is 11.1 Å². The van der Waals surface area contributed by atoms with Gasteiger partial charge in [-0.1, -0.05) is 11.6 Å². The van der Waals surface area contributed by atoms with Gasteiger partial charge in [-0.05, 0) is 12.1 Å². The maximum atomic E-state index is 11.6. The topological polar surface area (TPSA) is 98.7 Å². The molecule has 0 spiro atoms. The Morgan fingerprint density at radius 2 is 2.35 bits per heavy atom. The fraction of sp³-hybridized carbons (Fsp3) is 0.111. The van der Waals surface area contributed by atoms with Crippen LogP contribution in [0.4, 0.5) is 11.6 Å². The Hall–Kier alpha value is -2.15. The maximum Gasteiger partial charge on any atom is 0.246 e. The number of aromatic nitrogens is 4. The summed E-state index contributed by atoms with van der Waals surface area (Å²) in [5, 5.41) is 6.75. The van der Waals surface area contributed by atoms with E-state index in [0.717, 1.165) is 0 Å². The predicted octanol–water partition coefficient (Wildman–Crippen LogP) is 0.547. The second kappa shape index (κ2) is 4.79. The quantitative estimate of drug-likeness (QED) is 0.777. The van der Waals surface area contributed by atoms with Crippen molar-refractivity contribution in [1.29, 1.82) is 0 Å². The summed E-state index contributed by atoms with van der Waals surface area (Å²) in [5.41, 5.74) is 5.90. The van der Waals surface area contributed by atoms with Gasteiger partial charge in [0.15, 0.2) is 0 Å². The molecule has 0 radical (unpaired) electrons. The molecule has 0 atom stereocenters. The van der Waals surface area contributed by atoms with E-state index >= 15 is 0 Å². The molecule has 0 aliphatic heterocycles. The summed E-state index contributed by atoms with van der Waals surface area (Å²) in [6, 6.07) is 3.19. The number of nitrogen functional groups attached to an aromatic ring is 1. The Labute approximate surface area is 102 Å². The van der Waals surface area contributed by atoms with Crippen LogP contribution in [0.15, 0.2) is 24.7 Å². The zero-order chi connectivity index (χ0) is 12.3. The van der Waals surface area contributed by atoms with Gasteiger partial charge in [0.05, 0.1) is 0 Å². The van der Waals surface area contributed by atoms with Crippen molar-refractivity contribution in [2.24, 2.45) is 0 Å². The van der Waals surface area contributed by atoms with Crippen LogP contribution in [0.2, 0.25) is 5.15 Å². The molecule has 0 aliphatic carbocycles. The summed E-state index contributed by atoms with van der Waals surface area (Å²) in [7, 11) is 0. The van der Waals surface area contributed by atoms with Crippen LogP contribution >= 0.6 is 11.6 Å². The van der Waals surface area contributed by atoms with Crippen molar-refractivity contribution in [3.8, 4) is 0 Å². The van der Waals surface area contributed by atoms with Gasteiger partial charge in [0.25, 0.3) is 0 Å². The van der Waals surface area contributed by atoms with Gasteiger partial charge in [0.1, 0.15) is 18.0 Å². The number of hydrogen-bond donors (Lipinski definition) is 2. The fourth-order valence-corrected chi connectivity index (χ4v) is 1.39. The number of carbonyl (C=O) groups excluding carboxylic acids is 1. The summed E-state index contributed by atoms with van der Waals surface area (Å²) >= 11 is 5.69. The van der Waals surface area contributed by atoms with Crippen molar-refractivity contribution in [3.63, 3.8) is 0 Å². The van der Waals surface area contributed by atoms with E-state index in [2.05, 4.69) is 20.4 Å². The average molecular weight is 253 g/mol. The van der Waals surface area contributed by atoms with E-state index in [4.69, 9.17) is 17.3 Å². The lowest BCUT2D eigenvalue weighted by Gasteiger charge is -2.04. The number of carbonyl (C=O) groups is 1. The number of nitrogens with two attached hydrogens (primary N) is 1. The Morgan fingerprint density at radius 3 is 3.00 bits per heavy atom. The summed E-state index contributed by atoms with van der Waals surface area (Å²) in [6.45, 7) is 0.0319. The lowest BCUT2D eigenvalue weighted by molar-refractivity contribution is -0.116. The number of nitrogens with one attached hydrogen (secondary N) is 1. The number of amides is 1. The third-order valence-electron chi connectivity index (χ3n) is 1.87. The second-order valence-electron chi connectivity index (χ2n) is 3.22. The van der Waals surface area contributed by atoms with Gasteiger partial charge in [0, 0.05) is 11.9 Å². The highest BCUT2D eigenvalue weighted by Crippen LogP contribution is 2.11. The molecular weight excluding hydrogens is 244 g/mol. The first-order valence-electron chi connectivity index (χ1n) is 4.70. The molecular formula is C9H9ClN6O. The average Bonchev–Trinajstić information content (AvgIpc) is 2.63. The van der Waals surface area contributed by atoms with E-state index in [1.807, 2.05) is 0 Å². The molecule has 0 saturated carbocycles. The molecule has 7 nitrogen and oxygen atoms in total. The van der Waals surface area contributed by atoms with Gasteiger partial charge < -0.3 is 11.1 Å². The predicted molar refractivity (Wildman–Crippen MR) is 62.3 cm³/mol. The van der Waals surface area contributed by atoms with Gasteiger partial charge >= 0.3 is 0 Å². The fourth-order valence-electron chi connectivity index (χ4n) is 1.21. The molecule has 17 heavy (non-hydrogen) atoms. The highest BCUT2D eigenvalue weighted by molar-refractivity contribution is 6.29. The molecule has 2 aromatic heterocycles. The normalized spacial score (nSPS) is 10.2. The smallest absolute Gasteiger partial charge is 0.246 e. The summed E-state index contributed by atoms with van der Waals surface area (Å²) in [4.78, 5) is 19.1. The lowest BCUT2D eigenvalue weighted by atomic mass is 10.4. The van der Waals surface area contributed by atoms with Crippen molar-refractivity contribution < 1.29 is 4.79 Å². The van der Waals surface area contributed by atoms with E-state index in [1.54, 1.807) is 12.1 Å². The Bertz CT molecular complexity index is 540. The Morgan fingerprint density at radius 1 is 1.53 bits per heavy atom. The van der Waals surface area contributed by atoms with Crippen LogP contribution in [0.5, 0.6) is 0 Å². The molecule has 2 aromatic rings. The number of halogens is 1. The largest absolute Gasteiger partial charge is 0.367 e. The minimum Gasteiger partial charge on any atom is -0.367 e. The van der Waals surface area contributed by atoms with Crippen molar-refractivity contribution in [3.05, 3.63) is 29.8 Å². The molecule has 8 heteroatoms. The molecule has 0 aromatic carbocycles. The Kier molecular flexibility index (Phi) is 3.20. The molecule has 88 valence electrons. The number of anilines is 2. The maximum absolute atomic E-state index is 11.6. The van der Waals surface area contributed by atoms with E-state index in [0.29, 0.717) is 10.8 Å². The molecule has 0 aliphatic rings. The number of pyridine rings is 1. The van der Waals surface area contributed by atoms with Crippen molar-refractivity contribution in [1.82, 2.24) is 19.7 Å². The van der Waals surface area contributed by atoms with Crippen molar-refractivity contribution in [2.75, 3.05) is 11.1 Å². The van der Waals surface area contributed by atoms with Crippen LogP contribution in [-0.4, -0.2) is 25.7 Å². The molecule has 2 heterocycles. The molecule has 0 fully saturated rings. The second-order valence-corrected chi connectivity index (χ2v) is 3.60. The standard InChI is InChI=1S/C9H9ClN6O/c10-7-3-6(1-2-12-7)14-8(17)4-16-5-13-9(11)15-16/h1-3,5H,4H2,(H2,11,15)(H,12,14,17). The molecule has 0 bridgehead atoms. The van der Waals surface area contributed by atoms with Gasteiger partial charge in [-0.25, -0.2) is 14.6 Å². The minimum atomic E-state index is -0.253. The van der Waals surface area contributed by atoms with Crippen LogP contribution in [0, 0.1) is 0 Å². The van der Waals surface area contributed by atoms with E-state index < -0.39 is 0 Å². The van der Waals surface area contributed by atoms with Crippen LogP contribution in [0.25, 0.3) is 0 Å². The third-order valence-corrected chi connectivity index (χ3v) is 2.08. The SMILES string of the molecule is Nc1ncn(CC(=O)Nc2ccnc(Cl)c2)n1. The first kappa shape index (κ1) is 11.3. The first-order chi connectivity index (χ1) is 8.13. The highest BCUT2D eigenvalue weighted by Gasteiger charge is 2.05. The third kappa shape index (κ3) is 3.15. The number of hydrogen-bond acceptors (Lipinski definition) is 5. The van der Waals surface area contributed by atoms with E-state index in [1.165, 1.54) is 17.2 Å². The summed E-state index contributed by atoms with van der Waals surface area (Å²) in [5.74, 6) is -0.123. The number of nitrogens with zero attached hydrogens (tertiary/aromatic N) is 4. The number of rotatable bonds is 3. The minimum absolute atomic E-state index is 0.0319. The van der Waals surface area contributed by atoms with Crippen molar-refractivity contribution in [2.45, 2.75) is 6.54 Å². The van der Waals surface area contributed by atoms with E-state index in [-0.39, 0.29) is 18.4 Å². The van der Waals surface area contributed by atoms with Crippen LogP contribution in [0.3, 0.4) is 0 Å². The van der Waals surface area contributed by atoms with Gasteiger partial charge in [0.2, 0.25) is 11.9 Å². The molecule has 3 N–H and O–H groups in total. The zero-order valence-corrected chi connectivity index (χ0v) is 9.42. The van der Waals surface area contributed by atoms with Gasteiger partial charge in [-0.3, -0.25) is 4.79 Å². The lowest BCUT2D eigenvalue weighted by Crippen LogP contribution is -2.19. The molecule has 1 amide bonds. The molecule has 0 saturated heterocycles. The Balaban J connectivity index is 1.98. The summed E-state index contributed by atoms with van der Waals surface area (Å²) < 4.78 is 1.34. The van der Waals surface area contributed by atoms with E-state index in [9.17, 15) is 4.79 Å². The highest BCUT2D eigenvalue weighted by atomic mass is 35.5. The van der Waals surface area contributed by atoms with Gasteiger partial charge in [-0.15, -0.1) is 5.10 Å². The summed E-state index contributed by atoms with van der Waals surface area (Å²) in [6.07, 6.45) is 2.89. The van der Waals surface area contributed by atoms with Crippen molar-refractivity contribution >= 4 is 29.1 Å². The monoisotopic (exact) mass is 252 g/mol.